The molecule has 0 atom stereocenters. The Labute approximate surface area is 652 Å². The summed E-state index contributed by atoms with van der Waals surface area (Å²) in [5.74, 6) is 4.12. The molecule has 6 heterocycles. The van der Waals surface area contributed by atoms with Crippen LogP contribution in [0, 0.1) is 59.4 Å². The van der Waals surface area contributed by atoms with Gasteiger partial charge in [0.25, 0.3) is 20.1 Å². The van der Waals surface area contributed by atoms with E-state index >= 15 is 0 Å². The van der Waals surface area contributed by atoms with E-state index in [0.29, 0.717) is 40.0 Å². The van der Waals surface area contributed by atoms with Crippen molar-refractivity contribution in [3.63, 3.8) is 0 Å². The Bertz CT molecular complexity index is 6040. The number of benzene rings is 15. The first kappa shape index (κ1) is 65.9. The van der Waals surface area contributed by atoms with Gasteiger partial charge in [-0.05, 0) is 229 Å². The third kappa shape index (κ3) is 10.4. The van der Waals surface area contributed by atoms with Crippen molar-refractivity contribution >= 4 is 172 Å². The van der Waals surface area contributed by atoms with Crippen LogP contribution in [0.2, 0.25) is 0 Å². The first-order valence-electron chi connectivity index (χ1n) is 38.1. The molecule has 0 fully saturated rings. The highest BCUT2D eigenvalue weighted by molar-refractivity contribution is 7.04. The van der Waals surface area contributed by atoms with Gasteiger partial charge in [-0.25, -0.2) is 4.85 Å². The second-order valence-electron chi connectivity index (χ2n) is 30.2. The second-order valence-corrected chi connectivity index (χ2v) is 30.2. The predicted molar refractivity (Wildman–Crippen MR) is 462 cm³/mol. The lowest BCUT2D eigenvalue weighted by Gasteiger charge is -2.47. The summed E-state index contributed by atoms with van der Waals surface area (Å²) in [6.07, 6.45) is 0. The molecule has 21 rings (SSSR count). The van der Waals surface area contributed by atoms with E-state index in [9.17, 15) is 5.26 Å². The van der Waals surface area contributed by atoms with Gasteiger partial charge < -0.3 is 44.0 Å². The average Bonchev–Trinajstić information content (AvgIpc) is 0.681. The van der Waals surface area contributed by atoms with Crippen molar-refractivity contribution in [2.45, 2.75) is 41.5 Å². The number of nitrogens with one attached hydrogen (secondary N) is 1. The van der Waals surface area contributed by atoms with Crippen molar-refractivity contribution < 1.29 is 14.2 Å². The van der Waals surface area contributed by atoms with E-state index in [1.54, 1.807) is 0 Å². The summed E-state index contributed by atoms with van der Waals surface area (Å²) in [6, 6.07) is 110. The molecule has 0 amide bonds. The molecular formula is C98H69B3N8O3. The van der Waals surface area contributed by atoms with E-state index in [4.69, 9.17) is 20.8 Å². The van der Waals surface area contributed by atoms with Gasteiger partial charge in [0.15, 0.2) is 5.69 Å². The normalized spacial score (nSPS) is 12.9. The van der Waals surface area contributed by atoms with Crippen LogP contribution in [0.1, 0.15) is 38.9 Å². The van der Waals surface area contributed by atoms with Crippen LogP contribution in [0.15, 0.2) is 303 Å². The van der Waals surface area contributed by atoms with Gasteiger partial charge in [0.05, 0.1) is 46.6 Å². The number of nitrogens with zero attached hydrogens (tertiary/aromatic N) is 7. The Hall–Kier alpha value is -14.3. The number of anilines is 17. The van der Waals surface area contributed by atoms with E-state index in [1.807, 2.05) is 48.5 Å². The smallest absolute Gasteiger partial charge is 0.260 e. The summed E-state index contributed by atoms with van der Waals surface area (Å²) < 4.78 is 22.2. The lowest BCUT2D eigenvalue weighted by Crippen LogP contribution is -2.65. The van der Waals surface area contributed by atoms with E-state index in [0.717, 1.165) is 174 Å². The van der Waals surface area contributed by atoms with Crippen LogP contribution >= 0.6 is 0 Å². The van der Waals surface area contributed by atoms with E-state index in [1.165, 1.54) is 11.1 Å². The minimum Gasteiger partial charge on any atom is -0.458 e. The Kier molecular flexibility index (Phi) is 15.1. The lowest BCUT2D eigenvalue weighted by atomic mass is 9.29. The third-order valence-electron chi connectivity index (χ3n) is 23.2. The van der Waals surface area contributed by atoms with Gasteiger partial charge in [-0.15, -0.1) is 0 Å². The molecule has 15 aromatic carbocycles. The number of ether oxygens (including phenoxy) is 3. The molecule has 0 spiro atoms. The first-order chi connectivity index (χ1) is 54.9. The molecule has 0 unspecified atom stereocenters. The Morgan fingerprint density at radius 3 is 1.15 bits per heavy atom. The zero-order valence-electron chi connectivity index (χ0n) is 62.5. The molecule has 11 nitrogen and oxygen atoms in total. The standard InChI is InChI=1S/C98H69B3N8O3/c1-59-42-61(3)97(62(4)43-59)108-84-56-82-76(99-80-47-66(103-7)39-41-89(80)110-91-51-73(48-83(104-82)94(91)99)105(67-26-14-8-15-27-67)68-28-16-9-17-29-68)54-77(84)100-78-55-81-90(112-93-53-75(107(71-34-22-12-23-35-71)72-36-24-13-25-37-72)52-92-96(93)101(81)79-46-65(58-102)38-40-88(79)111-92)57-85(78)109(98-63(5)44-60(2)45-64(98)6)87-50-74(49-86(108)95(87)100)106(69-30-18-10-19-31-69)70-32-20-11-21-33-70/h8-57,104H,1-6H3. The van der Waals surface area contributed by atoms with Crippen LogP contribution in [0.5, 0.6) is 34.5 Å². The van der Waals surface area contributed by atoms with Gasteiger partial charge in [0.2, 0.25) is 0 Å². The van der Waals surface area contributed by atoms with Gasteiger partial charge in [0.1, 0.15) is 34.5 Å². The molecule has 6 aliphatic heterocycles. The minimum absolute atomic E-state index is 0.389. The predicted octanol–water partition coefficient (Wildman–Crippen LogP) is 19.9. The van der Waals surface area contributed by atoms with Crippen LogP contribution in [-0.4, -0.2) is 20.1 Å². The molecule has 1 N–H and O–H groups in total. The lowest BCUT2D eigenvalue weighted by molar-refractivity contribution is 0.465. The third-order valence-corrected chi connectivity index (χ3v) is 23.2. The Morgan fingerprint density at radius 1 is 0.321 bits per heavy atom. The van der Waals surface area contributed by atoms with Crippen LogP contribution < -0.4 is 93.2 Å². The topological polar surface area (TPSA) is 84.1 Å². The number of hydrogen-bond acceptors (Lipinski definition) is 10. The van der Waals surface area contributed by atoms with Crippen LogP contribution in [0.3, 0.4) is 0 Å². The van der Waals surface area contributed by atoms with Crippen molar-refractivity contribution in [3.8, 4) is 40.6 Å². The molecule has 0 saturated heterocycles. The molecule has 0 aromatic heterocycles. The number of rotatable bonds is 11. The number of nitriles is 1. The van der Waals surface area contributed by atoms with Crippen LogP contribution in [0.4, 0.5) is 102 Å². The Balaban J connectivity index is 0.878. The molecule has 0 radical (unpaired) electrons. The fourth-order valence-electron chi connectivity index (χ4n) is 18.9. The maximum atomic E-state index is 10.9. The van der Waals surface area contributed by atoms with Crippen molar-refractivity contribution in [1.29, 1.82) is 5.26 Å². The number of hydrogen-bond donors (Lipinski definition) is 1. The summed E-state index contributed by atoms with van der Waals surface area (Å²) in [5, 5.41) is 15.1. The Morgan fingerprint density at radius 2 is 0.696 bits per heavy atom. The van der Waals surface area contributed by atoms with E-state index in [-0.39, 0.29) is 6.71 Å². The molecular weight excluding hydrogens is 1370 g/mol. The summed E-state index contributed by atoms with van der Waals surface area (Å²) in [6.45, 7) is 20.7. The zero-order valence-corrected chi connectivity index (χ0v) is 62.5. The van der Waals surface area contributed by atoms with Gasteiger partial charge >= 0.3 is 0 Å². The fourth-order valence-corrected chi connectivity index (χ4v) is 18.9. The highest BCUT2D eigenvalue weighted by Gasteiger charge is 2.50. The second kappa shape index (κ2) is 25.7. The quantitative estimate of drug-likeness (QED) is 0.0998. The molecule has 0 aliphatic carbocycles. The van der Waals surface area contributed by atoms with Gasteiger partial charge in [0, 0.05) is 98.0 Å². The monoisotopic (exact) mass is 1440 g/mol. The molecule has 15 aromatic rings. The van der Waals surface area contributed by atoms with Crippen molar-refractivity contribution in [3.05, 3.63) is 354 Å². The number of para-hydroxylation sites is 6. The average molecular weight is 1440 g/mol. The summed E-state index contributed by atoms with van der Waals surface area (Å²) in [5.41, 5.74) is 33.7. The largest absolute Gasteiger partial charge is 0.458 e. The van der Waals surface area contributed by atoms with E-state index < -0.39 is 13.4 Å². The summed E-state index contributed by atoms with van der Waals surface area (Å²) in [7, 11) is 0. The van der Waals surface area contributed by atoms with Crippen LogP contribution in [-0.2, 0) is 0 Å². The maximum Gasteiger partial charge on any atom is 0.260 e. The SMILES string of the molecule is [C-]#[N+]c1ccc2c(c1)B1c3cc4c(cc3Nc3cc(N(c5ccccc5)c5ccccc5)cc(c31)O2)N(c1c(C)cc(C)cc1C)c1cc(N(c2ccccc2)c2ccccc2)cc2c1B4c1cc3c(cc1N2c1c(C)cc(C)cc1C)Oc1cc(N(c2ccccc2)c2ccccc2)cc2c1B3c1cc(C#N)ccc1O2. The molecule has 6 aliphatic rings. The minimum atomic E-state index is -0.452. The van der Waals surface area contributed by atoms with Crippen LogP contribution in [0.25, 0.3) is 4.85 Å². The fraction of sp³-hybridized carbons (Fsp3) is 0.0612. The summed E-state index contributed by atoms with van der Waals surface area (Å²) in [4.78, 5) is 16.2. The van der Waals surface area contributed by atoms with Crippen molar-refractivity contribution in [1.82, 2.24) is 0 Å². The molecule has 112 heavy (non-hydrogen) atoms. The van der Waals surface area contributed by atoms with E-state index in [2.05, 4.69) is 337 Å². The highest BCUT2D eigenvalue weighted by Crippen LogP contribution is 2.53. The highest BCUT2D eigenvalue weighted by atomic mass is 16.5. The van der Waals surface area contributed by atoms with Gasteiger partial charge in [-0.3, -0.25) is 0 Å². The maximum absolute atomic E-state index is 10.9. The van der Waals surface area contributed by atoms with Crippen molar-refractivity contribution in [2.75, 3.05) is 29.8 Å². The van der Waals surface area contributed by atoms with Gasteiger partial charge in [-0.2, -0.15) is 5.26 Å². The summed E-state index contributed by atoms with van der Waals surface area (Å²) >= 11 is 0. The zero-order chi connectivity index (χ0) is 75.3. The first-order valence-corrected chi connectivity index (χ1v) is 38.1. The molecule has 14 heteroatoms. The molecule has 0 bridgehead atoms. The molecule has 0 saturated carbocycles. The van der Waals surface area contributed by atoms with Gasteiger partial charge in [-0.1, -0.05) is 169 Å². The number of fused-ring (bicyclic) bond motifs is 12. The number of aryl methyl sites for hydroxylation is 6. The van der Waals surface area contributed by atoms with Crippen molar-refractivity contribution in [2.24, 2.45) is 0 Å². The molecule has 528 valence electrons.